The summed E-state index contributed by atoms with van der Waals surface area (Å²) in [5.41, 5.74) is 3.50. The van der Waals surface area contributed by atoms with Crippen LogP contribution in [-0.4, -0.2) is 15.7 Å². The van der Waals surface area contributed by atoms with Crippen LogP contribution in [0.5, 0.6) is 0 Å². The number of fused-ring (bicyclic) bond motifs is 1. The summed E-state index contributed by atoms with van der Waals surface area (Å²) in [6, 6.07) is 6.64. The minimum atomic E-state index is -0.665. The van der Waals surface area contributed by atoms with E-state index < -0.39 is 6.04 Å². The first-order valence-corrected chi connectivity index (χ1v) is 8.43. The third-order valence-corrected chi connectivity index (χ3v) is 4.77. The van der Waals surface area contributed by atoms with E-state index in [1.54, 1.807) is 13.0 Å². The van der Waals surface area contributed by atoms with Crippen LogP contribution in [0.1, 0.15) is 36.2 Å². The molecule has 0 spiro atoms. The smallest absolute Gasteiger partial charge is 0.267 e. The summed E-state index contributed by atoms with van der Waals surface area (Å²) in [5.74, 6) is -0.262. The molecule has 5 nitrogen and oxygen atoms in total. The summed E-state index contributed by atoms with van der Waals surface area (Å²) in [6.45, 7) is 3.67. The van der Waals surface area contributed by atoms with Gasteiger partial charge in [-0.05, 0) is 72.3 Å². The molecular weight excluding hydrogens is 358 g/mol. The second kappa shape index (κ2) is 6.28. The Morgan fingerprint density at radius 1 is 1.35 bits per heavy atom. The monoisotopic (exact) mass is 375 g/mol. The summed E-state index contributed by atoms with van der Waals surface area (Å²) in [5, 5.41) is 7.23. The summed E-state index contributed by atoms with van der Waals surface area (Å²) in [7, 11) is 0. The zero-order valence-electron chi connectivity index (χ0n) is 13.1. The highest BCUT2D eigenvalue weighted by Gasteiger charge is 2.21. The number of rotatable bonds is 3. The normalized spacial score (nSPS) is 14.4. The predicted octanol–water partition coefficient (Wildman–Crippen LogP) is 3.00. The molecule has 0 radical (unpaired) electrons. The SMILES string of the molecule is Cc1ccc(NC(=O)C(C)n2nc3c(cc2=O)CCC3)c(Br)c1. The fraction of sp³-hybridized carbons (Fsp3) is 0.353. The highest BCUT2D eigenvalue weighted by molar-refractivity contribution is 9.10. The Balaban J connectivity index is 1.84. The number of nitrogens with zero attached hydrogens (tertiary/aromatic N) is 2. The standard InChI is InChI=1S/C17H18BrN3O2/c1-10-6-7-15(13(18)8-10)19-17(23)11(2)21-16(22)9-12-4-3-5-14(12)20-21/h6-9,11H,3-5H2,1-2H3,(H,19,23). The van der Waals surface area contributed by atoms with Gasteiger partial charge in [-0.1, -0.05) is 6.07 Å². The van der Waals surface area contributed by atoms with Crippen molar-refractivity contribution in [3.63, 3.8) is 0 Å². The zero-order valence-corrected chi connectivity index (χ0v) is 14.7. The lowest BCUT2D eigenvalue weighted by atomic mass is 10.2. The van der Waals surface area contributed by atoms with Gasteiger partial charge in [0.2, 0.25) is 5.91 Å². The third kappa shape index (κ3) is 3.22. The molecule has 1 aliphatic carbocycles. The molecule has 2 aromatic rings. The second-order valence-corrected chi connectivity index (χ2v) is 6.76. The molecule has 0 saturated carbocycles. The molecule has 1 aromatic heterocycles. The molecule has 3 rings (SSSR count). The van der Waals surface area contributed by atoms with Gasteiger partial charge in [-0.25, -0.2) is 4.68 Å². The summed E-state index contributed by atoms with van der Waals surface area (Å²) < 4.78 is 2.09. The lowest BCUT2D eigenvalue weighted by Gasteiger charge is -2.16. The number of carbonyl (C=O) groups is 1. The van der Waals surface area contributed by atoms with Gasteiger partial charge < -0.3 is 5.32 Å². The Hall–Kier alpha value is -1.95. The highest BCUT2D eigenvalue weighted by Crippen LogP contribution is 2.24. The van der Waals surface area contributed by atoms with Gasteiger partial charge in [0, 0.05) is 10.5 Å². The van der Waals surface area contributed by atoms with E-state index in [1.807, 2.05) is 25.1 Å². The van der Waals surface area contributed by atoms with Crippen LogP contribution in [-0.2, 0) is 17.6 Å². The van der Waals surface area contributed by atoms with Crippen LogP contribution in [0.15, 0.2) is 33.5 Å². The number of halogens is 1. The van der Waals surface area contributed by atoms with E-state index >= 15 is 0 Å². The van der Waals surface area contributed by atoms with Crippen LogP contribution in [0.4, 0.5) is 5.69 Å². The lowest BCUT2D eigenvalue weighted by molar-refractivity contribution is -0.119. The minimum Gasteiger partial charge on any atom is -0.323 e. The first-order valence-electron chi connectivity index (χ1n) is 7.64. The molecule has 0 bridgehead atoms. The number of amides is 1. The number of aryl methyl sites for hydroxylation is 3. The van der Waals surface area contributed by atoms with Crippen LogP contribution in [0.3, 0.4) is 0 Å². The quantitative estimate of drug-likeness (QED) is 0.896. The van der Waals surface area contributed by atoms with Gasteiger partial charge in [-0.15, -0.1) is 0 Å². The maximum absolute atomic E-state index is 12.5. The Morgan fingerprint density at radius 2 is 2.13 bits per heavy atom. The Bertz CT molecular complexity index is 829. The molecule has 0 fully saturated rings. The van der Waals surface area contributed by atoms with Crippen LogP contribution in [0.2, 0.25) is 0 Å². The molecule has 1 amide bonds. The Labute approximate surface area is 142 Å². The van der Waals surface area contributed by atoms with Crippen molar-refractivity contribution < 1.29 is 4.79 Å². The molecule has 0 saturated heterocycles. The van der Waals surface area contributed by atoms with Crippen molar-refractivity contribution >= 4 is 27.5 Å². The first-order chi connectivity index (χ1) is 11.0. The molecular formula is C17H18BrN3O2. The molecule has 1 heterocycles. The predicted molar refractivity (Wildman–Crippen MR) is 92.7 cm³/mol. The van der Waals surface area contributed by atoms with Gasteiger partial charge in [0.05, 0.1) is 11.4 Å². The van der Waals surface area contributed by atoms with Crippen molar-refractivity contribution in [3.8, 4) is 0 Å². The average Bonchev–Trinajstić information content (AvgIpc) is 2.95. The number of hydrogen-bond acceptors (Lipinski definition) is 3. The molecule has 1 aromatic carbocycles. The highest BCUT2D eigenvalue weighted by atomic mass is 79.9. The molecule has 1 unspecified atom stereocenters. The molecule has 1 aliphatic rings. The van der Waals surface area contributed by atoms with Crippen molar-refractivity contribution in [3.05, 3.63) is 55.9 Å². The number of aromatic nitrogens is 2. The van der Waals surface area contributed by atoms with E-state index in [-0.39, 0.29) is 11.5 Å². The number of anilines is 1. The number of benzene rings is 1. The molecule has 23 heavy (non-hydrogen) atoms. The van der Waals surface area contributed by atoms with Crippen LogP contribution < -0.4 is 10.9 Å². The lowest BCUT2D eigenvalue weighted by Crippen LogP contribution is -2.34. The Morgan fingerprint density at radius 3 is 2.87 bits per heavy atom. The fourth-order valence-electron chi connectivity index (χ4n) is 2.76. The molecule has 120 valence electrons. The second-order valence-electron chi connectivity index (χ2n) is 5.90. The fourth-order valence-corrected chi connectivity index (χ4v) is 3.35. The molecule has 1 atom stereocenters. The van der Waals surface area contributed by atoms with Gasteiger partial charge in [0.25, 0.3) is 5.56 Å². The van der Waals surface area contributed by atoms with Crippen molar-refractivity contribution in [2.75, 3.05) is 5.32 Å². The zero-order chi connectivity index (χ0) is 16.6. The number of nitrogens with one attached hydrogen (secondary N) is 1. The van der Waals surface area contributed by atoms with E-state index in [0.29, 0.717) is 5.69 Å². The van der Waals surface area contributed by atoms with Crippen molar-refractivity contribution in [1.82, 2.24) is 9.78 Å². The average molecular weight is 376 g/mol. The number of hydrogen-bond donors (Lipinski definition) is 1. The van der Waals surface area contributed by atoms with Gasteiger partial charge in [-0.3, -0.25) is 9.59 Å². The van der Waals surface area contributed by atoms with E-state index in [9.17, 15) is 9.59 Å². The van der Waals surface area contributed by atoms with Gasteiger partial charge in [-0.2, -0.15) is 5.10 Å². The maximum atomic E-state index is 12.5. The summed E-state index contributed by atoms with van der Waals surface area (Å²) in [6.07, 6.45) is 2.78. The summed E-state index contributed by atoms with van der Waals surface area (Å²) in [4.78, 5) is 24.7. The Kier molecular flexibility index (Phi) is 4.35. The van der Waals surface area contributed by atoms with Crippen LogP contribution in [0.25, 0.3) is 0 Å². The van der Waals surface area contributed by atoms with Crippen molar-refractivity contribution in [2.24, 2.45) is 0 Å². The van der Waals surface area contributed by atoms with E-state index in [2.05, 4.69) is 26.3 Å². The largest absolute Gasteiger partial charge is 0.323 e. The minimum absolute atomic E-state index is 0.226. The van der Waals surface area contributed by atoms with E-state index in [0.717, 1.165) is 40.6 Å². The number of carbonyl (C=O) groups excluding carboxylic acids is 1. The summed E-state index contributed by atoms with van der Waals surface area (Å²) >= 11 is 3.44. The molecule has 1 N–H and O–H groups in total. The van der Waals surface area contributed by atoms with Gasteiger partial charge >= 0.3 is 0 Å². The van der Waals surface area contributed by atoms with Crippen LogP contribution >= 0.6 is 15.9 Å². The molecule has 0 aliphatic heterocycles. The van der Waals surface area contributed by atoms with Crippen molar-refractivity contribution in [2.45, 2.75) is 39.2 Å². The molecule has 6 heteroatoms. The third-order valence-electron chi connectivity index (χ3n) is 4.11. The van der Waals surface area contributed by atoms with Gasteiger partial charge in [0.1, 0.15) is 6.04 Å². The first kappa shape index (κ1) is 15.9. The maximum Gasteiger partial charge on any atom is 0.267 e. The van der Waals surface area contributed by atoms with E-state index in [1.165, 1.54) is 4.68 Å². The topological polar surface area (TPSA) is 64.0 Å². The van der Waals surface area contributed by atoms with Crippen molar-refractivity contribution in [1.29, 1.82) is 0 Å². The van der Waals surface area contributed by atoms with Gasteiger partial charge in [0.15, 0.2) is 0 Å². The van der Waals surface area contributed by atoms with E-state index in [4.69, 9.17) is 0 Å². The van der Waals surface area contributed by atoms with Crippen LogP contribution in [0, 0.1) is 6.92 Å².